The Morgan fingerprint density at radius 3 is 2.65 bits per heavy atom. The van der Waals surface area contributed by atoms with Gasteiger partial charge in [0.05, 0.1) is 6.04 Å². The van der Waals surface area contributed by atoms with Gasteiger partial charge in [-0.3, -0.25) is 4.79 Å². The zero-order valence-electron chi connectivity index (χ0n) is 11.1. The summed E-state index contributed by atoms with van der Waals surface area (Å²) < 4.78 is 10.6. The molecular formula is C16H15NO3. The molecule has 4 heteroatoms. The Kier molecular flexibility index (Phi) is 3.29. The van der Waals surface area contributed by atoms with Gasteiger partial charge in [-0.1, -0.05) is 24.3 Å². The molecule has 0 saturated carbocycles. The SMILES string of the molecule is CC(NC(=O)c1ccccc1)c1ccc2c(c1)OCO2. The van der Waals surface area contributed by atoms with Gasteiger partial charge in [0.1, 0.15) is 0 Å². The molecule has 102 valence electrons. The highest BCUT2D eigenvalue weighted by atomic mass is 16.7. The minimum atomic E-state index is -0.0998. The molecule has 0 spiro atoms. The third-order valence-corrected chi connectivity index (χ3v) is 3.28. The third kappa shape index (κ3) is 2.45. The molecule has 20 heavy (non-hydrogen) atoms. The number of fused-ring (bicyclic) bond motifs is 1. The molecule has 0 saturated heterocycles. The molecule has 4 nitrogen and oxygen atoms in total. The summed E-state index contributed by atoms with van der Waals surface area (Å²) in [5.74, 6) is 1.38. The van der Waals surface area contributed by atoms with Crippen molar-refractivity contribution in [3.63, 3.8) is 0 Å². The van der Waals surface area contributed by atoms with Crippen LogP contribution in [0.2, 0.25) is 0 Å². The van der Waals surface area contributed by atoms with Crippen LogP contribution in [0.3, 0.4) is 0 Å². The largest absolute Gasteiger partial charge is 0.454 e. The van der Waals surface area contributed by atoms with Gasteiger partial charge >= 0.3 is 0 Å². The van der Waals surface area contributed by atoms with E-state index < -0.39 is 0 Å². The Labute approximate surface area is 117 Å². The van der Waals surface area contributed by atoms with Crippen molar-refractivity contribution < 1.29 is 14.3 Å². The molecule has 0 aliphatic carbocycles. The van der Waals surface area contributed by atoms with E-state index in [1.54, 1.807) is 12.1 Å². The first-order valence-corrected chi connectivity index (χ1v) is 6.49. The number of hydrogen-bond donors (Lipinski definition) is 1. The molecule has 2 aromatic rings. The zero-order valence-corrected chi connectivity index (χ0v) is 11.1. The lowest BCUT2D eigenvalue weighted by Crippen LogP contribution is -2.26. The molecule has 0 bridgehead atoms. The van der Waals surface area contributed by atoms with Gasteiger partial charge in [0.2, 0.25) is 6.79 Å². The summed E-state index contributed by atoms with van der Waals surface area (Å²) in [6, 6.07) is 14.8. The van der Waals surface area contributed by atoms with Gasteiger partial charge in [-0.05, 0) is 36.8 Å². The first-order chi connectivity index (χ1) is 9.74. The molecule has 3 rings (SSSR count). The van der Waals surface area contributed by atoms with E-state index in [-0.39, 0.29) is 18.7 Å². The van der Waals surface area contributed by atoms with Crippen molar-refractivity contribution in [2.75, 3.05) is 6.79 Å². The second kappa shape index (κ2) is 5.25. The standard InChI is InChI=1S/C16H15NO3/c1-11(17-16(18)12-5-3-2-4-6-12)13-7-8-14-15(9-13)20-10-19-14/h2-9,11H,10H2,1H3,(H,17,18). The quantitative estimate of drug-likeness (QED) is 0.932. The van der Waals surface area contributed by atoms with Gasteiger partial charge in [-0.25, -0.2) is 0 Å². The summed E-state index contributed by atoms with van der Waals surface area (Å²) in [7, 11) is 0. The molecule has 1 heterocycles. The Bertz CT molecular complexity index is 625. The van der Waals surface area contributed by atoms with E-state index in [4.69, 9.17) is 9.47 Å². The summed E-state index contributed by atoms with van der Waals surface area (Å²) in [6.07, 6.45) is 0. The fraction of sp³-hybridized carbons (Fsp3) is 0.188. The third-order valence-electron chi connectivity index (χ3n) is 3.28. The van der Waals surface area contributed by atoms with Crippen molar-refractivity contribution in [3.05, 3.63) is 59.7 Å². The summed E-state index contributed by atoms with van der Waals surface area (Å²) in [5.41, 5.74) is 1.64. The molecule has 1 N–H and O–H groups in total. The maximum atomic E-state index is 12.1. The van der Waals surface area contributed by atoms with Crippen molar-refractivity contribution in [1.82, 2.24) is 5.32 Å². The highest BCUT2D eigenvalue weighted by Gasteiger charge is 2.17. The molecule has 1 aliphatic heterocycles. The van der Waals surface area contributed by atoms with E-state index in [1.165, 1.54) is 0 Å². The lowest BCUT2D eigenvalue weighted by molar-refractivity contribution is 0.0940. The fourth-order valence-corrected chi connectivity index (χ4v) is 2.14. The number of carbonyl (C=O) groups excluding carboxylic acids is 1. The second-order valence-corrected chi connectivity index (χ2v) is 4.67. The Morgan fingerprint density at radius 1 is 1.10 bits per heavy atom. The van der Waals surface area contributed by atoms with Crippen LogP contribution in [-0.2, 0) is 0 Å². The molecule has 0 aromatic heterocycles. The Morgan fingerprint density at radius 2 is 1.85 bits per heavy atom. The molecular weight excluding hydrogens is 254 g/mol. The van der Waals surface area contributed by atoms with Crippen LogP contribution in [0.5, 0.6) is 11.5 Å². The van der Waals surface area contributed by atoms with E-state index in [1.807, 2.05) is 43.3 Å². The molecule has 1 unspecified atom stereocenters. The molecule has 1 aliphatic rings. The summed E-state index contributed by atoms with van der Waals surface area (Å²) in [4.78, 5) is 12.1. The van der Waals surface area contributed by atoms with Crippen molar-refractivity contribution in [1.29, 1.82) is 0 Å². The Balaban J connectivity index is 1.73. The van der Waals surface area contributed by atoms with Crippen LogP contribution in [0.15, 0.2) is 48.5 Å². The van der Waals surface area contributed by atoms with E-state index in [0.29, 0.717) is 5.56 Å². The first-order valence-electron chi connectivity index (χ1n) is 6.49. The number of amides is 1. The molecule has 1 atom stereocenters. The predicted octanol–water partition coefficient (Wildman–Crippen LogP) is 2.91. The minimum Gasteiger partial charge on any atom is -0.454 e. The number of carbonyl (C=O) groups is 1. The van der Waals surface area contributed by atoms with Crippen molar-refractivity contribution in [2.24, 2.45) is 0 Å². The van der Waals surface area contributed by atoms with E-state index in [0.717, 1.165) is 17.1 Å². The van der Waals surface area contributed by atoms with Crippen LogP contribution in [-0.4, -0.2) is 12.7 Å². The number of rotatable bonds is 3. The zero-order chi connectivity index (χ0) is 13.9. The lowest BCUT2D eigenvalue weighted by atomic mass is 10.1. The van der Waals surface area contributed by atoms with E-state index in [2.05, 4.69) is 5.32 Å². The van der Waals surface area contributed by atoms with Crippen LogP contribution in [0.1, 0.15) is 28.9 Å². The Hall–Kier alpha value is -2.49. The van der Waals surface area contributed by atoms with Crippen LogP contribution in [0.4, 0.5) is 0 Å². The van der Waals surface area contributed by atoms with Crippen LogP contribution < -0.4 is 14.8 Å². The molecule has 0 fully saturated rings. The number of hydrogen-bond acceptors (Lipinski definition) is 3. The van der Waals surface area contributed by atoms with Gasteiger partial charge in [0.25, 0.3) is 5.91 Å². The van der Waals surface area contributed by atoms with Gasteiger partial charge in [-0.15, -0.1) is 0 Å². The highest BCUT2D eigenvalue weighted by Crippen LogP contribution is 2.34. The van der Waals surface area contributed by atoms with Crippen molar-refractivity contribution in [3.8, 4) is 11.5 Å². The van der Waals surface area contributed by atoms with Crippen molar-refractivity contribution >= 4 is 5.91 Å². The minimum absolute atomic E-state index is 0.0873. The average Bonchev–Trinajstić information content (AvgIpc) is 2.95. The van der Waals surface area contributed by atoms with Crippen molar-refractivity contribution in [2.45, 2.75) is 13.0 Å². The normalized spacial score (nSPS) is 13.8. The summed E-state index contributed by atoms with van der Waals surface area (Å²) in [5, 5.41) is 2.97. The van der Waals surface area contributed by atoms with Crippen LogP contribution in [0.25, 0.3) is 0 Å². The second-order valence-electron chi connectivity index (χ2n) is 4.67. The van der Waals surface area contributed by atoms with Gasteiger partial charge in [0.15, 0.2) is 11.5 Å². The molecule has 0 radical (unpaired) electrons. The number of ether oxygens (including phenoxy) is 2. The van der Waals surface area contributed by atoms with Gasteiger partial charge in [-0.2, -0.15) is 0 Å². The van der Waals surface area contributed by atoms with E-state index in [9.17, 15) is 4.79 Å². The maximum absolute atomic E-state index is 12.1. The predicted molar refractivity (Wildman–Crippen MR) is 74.9 cm³/mol. The summed E-state index contributed by atoms with van der Waals surface area (Å²) >= 11 is 0. The first kappa shape index (κ1) is 12.5. The molecule has 1 amide bonds. The summed E-state index contributed by atoms with van der Waals surface area (Å²) in [6.45, 7) is 2.20. The van der Waals surface area contributed by atoms with Gasteiger partial charge in [0, 0.05) is 5.56 Å². The van der Waals surface area contributed by atoms with E-state index >= 15 is 0 Å². The average molecular weight is 269 g/mol. The smallest absolute Gasteiger partial charge is 0.251 e. The highest BCUT2D eigenvalue weighted by molar-refractivity contribution is 5.94. The number of benzene rings is 2. The fourth-order valence-electron chi connectivity index (χ4n) is 2.14. The van der Waals surface area contributed by atoms with Gasteiger partial charge < -0.3 is 14.8 Å². The maximum Gasteiger partial charge on any atom is 0.251 e. The van der Waals surface area contributed by atoms with Crippen LogP contribution in [0, 0.1) is 0 Å². The number of nitrogens with one attached hydrogen (secondary N) is 1. The van der Waals surface area contributed by atoms with Crippen LogP contribution >= 0.6 is 0 Å². The molecule has 2 aromatic carbocycles. The topological polar surface area (TPSA) is 47.6 Å². The monoisotopic (exact) mass is 269 g/mol. The lowest BCUT2D eigenvalue weighted by Gasteiger charge is -2.14.